The van der Waals surface area contributed by atoms with Gasteiger partial charge in [0.15, 0.2) is 0 Å². The number of hydrogen-bond donors (Lipinski definition) is 3. The molecule has 8 nitrogen and oxygen atoms in total. The molecule has 1 saturated carbocycles. The van der Waals surface area contributed by atoms with Crippen LogP contribution in [0.1, 0.15) is 61.7 Å². The van der Waals surface area contributed by atoms with Gasteiger partial charge in [-0.25, -0.2) is 4.79 Å². The van der Waals surface area contributed by atoms with Gasteiger partial charge >= 0.3 is 5.97 Å². The number of aromatic carboxylic acids is 1. The highest BCUT2D eigenvalue weighted by Crippen LogP contribution is 2.33. The lowest BCUT2D eigenvalue weighted by Gasteiger charge is -2.33. The second kappa shape index (κ2) is 10.7. The lowest BCUT2D eigenvalue weighted by atomic mass is 9.81. The summed E-state index contributed by atoms with van der Waals surface area (Å²) in [6, 6.07) is 5.84. The third kappa shape index (κ3) is 5.55. The summed E-state index contributed by atoms with van der Waals surface area (Å²) in [6.07, 6.45) is 7.86. The first-order chi connectivity index (χ1) is 16.0. The van der Waals surface area contributed by atoms with E-state index in [1.165, 1.54) is 31.4 Å². The molecule has 2 aliphatic heterocycles. The molecule has 2 amide bonds. The summed E-state index contributed by atoms with van der Waals surface area (Å²) in [6.45, 7) is 3.33. The second-order valence-electron chi connectivity index (χ2n) is 9.82. The zero-order valence-electron chi connectivity index (χ0n) is 19.2. The molecule has 3 aliphatic rings. The lowest BCUT2D eigenvalue weighted by Crippen LogP contribution is -2.47. The van der Waals surface area contributed by atoms with Crippen LogP contribution in [0.2, 0.25) is 0 Å². The Labute approximate surface area is 195 Å². The van der Waals surface area contributed by atoms with Crippen LogP contribution in [0.5, 0.6) is 0 Å². The van der Waals surface area contributed by atoms with Crippen LogP contribution in [-0.2, 0) is 9.59 Å². The maximum Gasteiger partial charge on any atom is 0.335 e. The van der Waals surface area contributed by atoms with Crippen LogP contribution < -0.4 is 11.1 Å². The van der Waals surface area contributed by atoms with Crippen molar-refractivity contribution in [2.45, 2.75) is 63.5 Å². The number of nitrogens with two attached hydrogens (primary N) is 1. The van der Waals surface area contributed by atoms with Crippen LogP contribution in [0.4, 0.5) is 5.69 Å². The van der Waals surface area contributed by atoms with Crippen molar-refractivity contribution in [3.8, 4) is 0 Å². The number of likely N-dealkylation sites (tertiary alicyclic amines) is 2. The van der Waals surface area contributed by atoms with Crippen LogP contribution in [0.25, 0.3) is 0 Å². The van der Waals surface area contributed by atoms with E-state index in [1.54, 1.807) is 12.1 Å². The van der Waals surface area contributed by atoms with Crippen molar-refractivity contribution < 1.29 is 19.5 Å². The van der Waals surface area contributed by atoms with Gasteiger partial charge in [0.25, 0.3) is 0 Å². The van der Waals surface area contributed by atoms with E-state index < -0.39 is 12.0 Å². The molecule has 33 heavy (non-hydrogen) atoms. The molecule has 180 valence electrons. The highest BCUT2D eigenvalue weighted by molar-refractivity contribution is 5.98. The van der Waals surface area contributed by atoms with E-state index in [4.69, 9.17) is 10.8 Å². The fourth-order valence-corrected chi connectivity index (χ4v) is 5.66. The summed E-state index contributed by atoms with van der Waals surface area (Å²) >= 11 is 0. The van der Waals surface area contributed by atoms with Gasteiger partial charge in [0, 0.05) is 24.2 Å². The topological polar surface area (TPSA) is 116 Å². The Morgan fingerprint density at radius 3 is 2.27 bits per heavy atom. The zero-order chi connectivity index (χ0) is 23.4. The average molecular weight is 457 g/mol. The van der Waals surface area contributed by atoms with Crippen molar-refractivity contribution in [3.05, 3.63) is 29.8 Å². The Hall–Kier alpha value is -2.45. The maximum atomic E-state index is 13.5. The molecular weight excluding hydrogens is 420 g/mol. The molecule has 0 spiro atoms. The number of piperidine rings is 1. The Morgan fingerprint density at radius 1 is 1.00 bits per heavy atom. The number of carboxylic acids is 1. The fraction of sp³-hybridized carbons (Fsp3) is 0.640. The van der Waals surface area contributed by atoms with Crippen LogP contribution in [0, 0.1) is 11.8 Å². The third-order valence-corrected chi connectivity index (χ3v) is 7.70. The van der Waals surface area contributed by atoms with Gasteiger partial charge in [-0.3, -0.25) is 14.5 Å². The smallest absolute Gasteiger partial charge is 0.335 e. The number of anilines is 1. The lowest BCUT2D eigenvalue weighted by molar-refractivity contribution is -0.141. The molecule has 0 bridgehead atoms. The summed E-state index contributed by atoms with van der Waals surface area (Å²) in [5, 5.41) is 12.0. The largest absolute Gasteiger partial charge is 0.478 e. The Morgan fingerprint density at radius 2 is 1.67 bits per heavy atom. The SMILES string of the molecule is NCC1CCC(C(=O)N2C[C@@H](N3CCCCC3)C[C@H]2C(=O)Nc2ccc(C(=O)O)cc2)CC1. The van der Waals surface area contributed by atoms with E-state index in [0.29, 0.717) is 31.1 Å². The van der Waals surface area contributed by atoms with Crippen molar-refractivity contribution in [3.63, 3.8) is 0 Å². The minimum Gasteiger partial charge on any atom is -0.478 e. The first kappa shape index (κ1) is 23.7. The number of amides is 2. The van der Waals surface area contributed by atoms with E-state index in [2.05, 4.69) is 10.2 Å². The molecule has 2 heterocycles. The van der Waals surface area contributed by atoms with E-state index in [1.807, 2.05) is 4.90 Å². The predicted octanol–water partition coefficient (Wildman–Crippen LogP) is 2.54. The number of benzene rings is 1. The number of carboxylic acid groups (broad SMARTS) is 1. The van der Waals surface area contributed by atoms with Gasteiger partial charge in [-0.2, -0.15) is 0 Å². The van der Waals surface area contributed by atoms with Gasteiger partial charge in [-0.15, -0.1) is 0 Å². The summed E-state index contributed by atoms with van der Waals surface area (Å²) < 4.78 is 0. The van der Waals surface area contributed by atoms with E-state index in [9.17, 15) is 14.4 Å². The normalized spacial score (nSPS) is 28.5. The number of carbonyl (C=O) groups excluding carboxylic acids is 2. The number of nitrogens with zero attached hydrogens (tertiary/aromatic N) is 2. The van der Waals surface area contributed by atoms with E-state index in [0.717, 1.165) is 38.8 Å². The minimum absolute atomic E-state index is 0.0296. The van der Waals surface area contributed by atoms with Gasteiger partial charge < -0.3 is 21.1 Å². The van der Waals surface area contributed by atoms with Crippen LogP contribution in [0.15, 0.2) is 24.3 Å². The monoisotopic (exact) mass is 456 g/mol. The van der Waals surface area contributed by atoms with E-state index >= 15 is 0 Å². The van der Waals surface area contributed by atoms with Crippen LogP contribution >= 0.6 is 0 Å². The van der Waals surface area contributed by atoms with Gasteiger partial charge in [-0.1, -0.05) is 6.42 Å². The number of rotatable bonds is 6. The summed E-state index contributed by atoms with van der Waals surface area (Å²) in [7, 11) is 0. The molecule has 3 fully saturated rings. The van der Waals surface area contributed by atoms with Crippen LogP contribution in [-0.4, -0.2) is 71.0 Å². The fourth-order valence-electron chi connectivity index (χ4n) is 5.66. The van der Waals surface area contributed by atoms with Gasteiger partial charge in [0.2, 0.25) is 11.8 Å². The zero-order valence-corrected chi connectivity index (χ0v) is 19.2. The molecule has 4 rings (SSSR count). The van der Waals surface area contributed by atoms with Crippen molar-refractivity contribution in [2.24, 2.45) is 17.6 Å². The maximum absolute atomic E-state index is 13.5. The molecule has 0 radical (unpaired) electrons. The molecular formula is C25H36N4O4. The number of carbonyl (C=O) groups is 3. The van der Waals surface area contributed by atoms with Gasteiger partial charge in [0.05, 0.1) is 5.56 Å². The first-order valence-electron chi connectivity index (χ1n) is 12.3. The van der Waals surface area contributed by atoms with E-state index in [-0.39, 0.29) is 29.3 Å². The quantitative estimate of drug-likeness (QED) is 0.606. The molecule has 0 aromatic heterocycles. The summed E-state index contributed by atoms with van der Waals surface area (Å²) in [4.78, 5) is 42.2. The number of hydrogen-bond acceptors (Lipinski definition) is 5. The predicted molar refractivity (Wildman–Crippen MR) is 126 cm³/mol. The standard InChI is InChI=1S/C25H36N4O4/c26-15-17-4-6-18(7-5-17)24(31)29-16-21(28-12-2-1-3-13-28)14-22(29)23(30)27-20-10-8-19(9-11-20)25(32)33/h8-11,17-18,21-22H,1-7,12-16,26H2,(H,27,30)(H,32,33)/t17?,18?,21-,22-/m0/s1. The van der Waals surface area contributed by atoms with Crippen molar-refractivity contribution in [1.29, 1.82) is 0 Å². The Kier molecular flexibility index (Phi) is 7.65. The highest BCUT2D eigenvalue weighted by atomic mass is 16.4. The summed E-state index contributed by atoms with van der Waals surface area (Å²) in [5.74, 6) is -0.623. The van der Waals surface area contributed by atoms with Crippen molar-refractivity contribution in [1.82, 2.24) is 9.80 Å². The average Bonchev–Trinajstić information content (AvgIpc) is 3.30. The third-order valence-electron chi connectivity index (χ3n) is 7.70. The highest BCUT2D eigenvalue weighted by Gasteiger charge is 2.44. The minimum atomic E-state index is -1.01. The van der Waals surface area contributed by atoms with Crippen molar-refractivity contribution >= 4 is 23.5 Å². The van der Waals surface area contributed by atoms with Gasteiger partial charge in [-0.05, 0) is 94.8 Å². The van der Waals surface area contributed by atoms with Crippen molar-refractivity contribution in [2.75, 3.05) is 31.5 Å². The molecule has 1 aromatic rings. The Balaban J connectivity index is 1.47. The Bertz CT molecular complexity index is 844. The van der Waals surface area contributed by atoms with Gasteiger partial charge in [0.1, 0.15) is 6.04 Å². The molecule has 0 unspecified atom stereocenters. The first-order valence-corrected chi connectivity index (χ1v) is 12.3. The molecule has 1 aliphatic carbocycles. The molecule has 1 aromatic carbocycles. The molecule has 2 saturated heterocycles. The molecule has 8 heteroatoms. The molecule has 4 N–H and O–H groups in total. The molecule has 2 atom stereocenters. The number of nitrogens with one attached hydrogen (secondary N) is 1. The second-order valence-corrected chi connectivity index (χ2v) is 9.82. The van der Waals surface area contributed by atoms with Crippen LogP contribution in [0.3, 0.4) is 0 Å². The summed E-state index contributed by atoms with van der Waals surface area (Å²) in [5.41, 5.74) is 6.54.